The van der Waals surface area contributed by atoms with Crippen molar-refractivity contribution in [2.45, 2.75) is 0 Å². The maximum Gasteiger partial charge on any atom is 0.275 e. The van der Waals surface area contributed by atoms with E-state index in [0.29, 0.717) is 15.0 Å². The smallest absolute Gasteiger partial charge is 0.267 e. The average molecular weight is 264 g/mol. The Morgan fingerprint density at radius 1 is 1.24 bits per heavy atom. The van der Waals surface area contributed by atoms with Crippen LogP contribution in [-0.2, 0) is 0 Å². The zero-order chi connectivity index (χ0) is 11.8. The number of nitrogens with zero attached hydrogens (tertiary/aromatic N) is 3. The quantitative estimate of drug-likeness (QED) is 0.678. The van der Waals surface area contributed by atoms with Gasteiger partial charge in [-0.05, 0) is 6.07 Å². The zero-order valence-electron chi connectivity index (χ0n) is 8.50. The molecule has 84 valence electrons. The minimum atomic E-state index is -0.190. The molecule has 0 fully saturated rings. The van der Waals surface area contributed by atoms with Gasteiger partial charge in [0.1, 0.15) is 5.01 Å². The highest BCUT2D eigenvalue weighted by Gasteiger charge is 2.10. The highest BCUT2D eigenvalue weighted by atomic mass is 35.5. The number of aromatic nitrogens is 3. The van der Waals surface area contributed by atoms with Gasteiger partial charge in [0, 0.05) is 17.8 Å². The average Bonchev–Trinajstić information content (AvgIpc) is 2.75. The van der Waals surface area contributed by atoms with Crippen LogP contribution in [0.4, 0.5) is 0 Å². The fraction of sp³-hybridized carbons (Fsp3) is 0. The Labute approximate surface area is 105 Å². The third-order valence-corrected chi connectivity index (χ3v) is 3.56. The predicted molar refractivity (Wildman–Crippen MR) is 67.6 cm³/mol. The molecule has 0 amide bonds. The molecule has 0 spiro atoms. The molecule has 0 saturated heterocycles. The highest BCUT2D eigenvalue weighted by molar-refractivity contribution is 7.19. The lowest BCUT2D eigenvalue weighted by atomic mass is 10.2. The van der Waals surface area contributed by atoms with Gasteiger partial charge in [0.15, 0.2) is 0 Å². The molecule has 0 unspecified atom stereocenters. The first-order valence-electron chi connectivity index (χ1n) is 4.85. The summed E-state index contributed by atoms with van der Waals surface area (Å²) < 4.78 is 1.28. The lowest BCUT2D eigenvalue weighted by Crippen LogP contribution is -2.12. The topological polar surface area (TPSA) is 47.3 Å². The van der Waals surface area contributed by atoms with Gasteiger partial charge in [0.05, 0.1) is 5.02 Å². The van der Waals surface area contributed by atoms with E-state index in [1.54, 1.807) is 6.07 Å². The van der Waals surface area contributed by atoms with Gasteiger partial charge >= 0.3 is 0 Å². The molecule has 0 aliphatic heterocycles. The van der Waals surface area contributed by atoms with Crippen LogP contribution in [-0.4, -0.2) is 14.6 Å². The minimum Gasteiger partial charge on any atom is -0.267 e. The fourth-order valence-corrected chi connectivity index (χ4v) is 2.68. The lowest BCUT2D eigenvalue weighted by molar-refractivity contribution is 0.903. The van der Waals surface area contributed by atoms with E-state index in [4.69, 9.17) is 11.6 Å². The van der Waals surface area contributed by atoms with Crippen molar-refractivity contribution in [3.63, 3.8) is 0 Å². The van der Waals surface area contributed by atoms with Gasteiger partial charge in [-0.25, -0.2) is 4.98 Å². The first kappa shape index (κ1) is 10.4. The summed E-state index contributed by atoms with van der Waals surface area (Å²) in [5.74, 6) is 0. The Hall–Kier alpha value is -1.72. The normalized spacial score (nSPS) is 10.9. The number of rotatable bonds is 1. The molecule has 1 aromatic carbocycles. The van der Waals surface area contributed by atoms with Crippen LogP contribution < -0.4 is 5.56 Å². The summed E-state index contributed by atoms with van der Waals surface area (Å²) in [7, 11) is 0. The van der Waals surface area contributed by atoms with Crippen molar-refractivity contribution >= 4 is 27.9 Å². The van der Waals surface area contributed by atoms with Crippen LogP contribution in [0.25, 0.3) is 15.5 Å². The first-order valence-corrected chi connectivity index (χ1v) is 6.05. The lowest BCUT2D eigenvalue weighted by Gasteiger charge is -1.96. The van der Waals surface area contributed by atoms with Crippen LogP contribution in [0.1, 0.15) is 0 Å². The Morgan fingerprint density at radius 3 is 2.82 bits per heavy atom. The molecule has 2 aromatic heterocycles. The highest BCUT2D eigenvalue weighted by Crippen LogP contribution is 2.29. The van der Waals surface area contributed by atoms with Crippen molar-refractivity contribution < 1.29 is 0 Å². The molecule has 2 heterocycles. The summed E-state index contributed by atoms with van der Waals surface area (Å²) in [6, 6.07) is 8.76. The fourth-order valence-electron chi connectivity index (χ4n) is 1.49. The standard InChI is InChI=1S/C11H6ClN3OS/c12-8-4-2-1-3-7(8)10-14-15-9(16)5-6-13-11(15)17-10/h1-6H. The maximum absolute atomic E-state index is 11.5. The molecule has 0 atom stereocenters. The summed E-state index contributed by atoms with van der Waals surface area (Å²) >= 11 is 7.42. The molecule has 0 aliphatic rings. The van der Waals surface area contributed by atoms with Crippen LogP contribution in [0.2, 0.25) is 5.02 Å². The van der Waals surface area contributed by atoms with E-state index in [0.717, 1.165) is 5.56 Å². The number of hydrogen-bond donors (Lipinski definition) is 0. The summed E-state index contributed by atoms with van der Waals surface area (Å²) in [5, 5.41) is 5.52. The summed E-state index contributed by atoms with van der Waals surface area (Å²) in [4.78, 5) is 16.2. The molecule has 3 aromatic rings. The van der Waals surface area contributed by atoms with E-state index in [1.165, 1.54) is 28.1 Å². The Kier molecular flexibility index (Phi) is 2.42. The van der Waals surface area contributed by atoms with Gasteiger partial charge in [0.2, 0.25) is 4.96 Å². The molecule has 4 nitrogen and oxygen atoms in total. The van der Waals surface area contributed by atoms with Crippen molar-refractivity contribution in [2.75, 3.05) is 0 Å². The van der Waals surface area contributed by atoms with Crippen molar-refractivity contribution in [2.24, 2.45) is 0 Å². The maximum atomic E-state index is 11.5. The van der Waals surface area contributed by atoms with Crippen molar-refractivity contribution in [3.8, 4) is 10.6 Å². The van der Waals surface area contributed by atoms with Crippen molar-refractivity contribution in [3.05, 3.63) is 51.9 Å². The number of fused-ring (bicyclic) bond motifs is 1. The second kappa shape index (κ2) is 3.94. The van der Waals surface area contributed by atoms with Gasteiger partial charge in [-0.15, -0.1) is 0 Å². The predicted octanol–water partition coefficient (Wildman–Crippen LogP) is 2.47. The Morgan fingerprint density at radius 2 is 2.06 bits per heavy atom. The zero-order valence-corrected chi connectivity index (χ0v) is 10.1. The molecule has 0 bridgehead atoms. The van der Waals surface area contributed by atoms with Crippen LogP contribution in [0.5, 0.6) is 0 Å². The Bertz CT molecular complexity index is 750. The SMILES string of the molecule is O=c1ccnc2sc(-c3ccccc3Cl)nn12. The van der Waals surface area contributed by atoms with Gasteiger partial charge in [-0.1, -0.05) is 41.1 Å². The third kappa shape index (κ3) is 1.73. The molecule has 17 heavy (non-hydrogen) atoms. The molecular formula is C11H6ClN3OS. The minimum absolute atomic E-state index is 0.190. The molecule has 0 saturated carbocycles. The van der Waals surface area contributed by atoms with Crippen molar-refractivity contribution in [1.82, 2.24) is 14.6 Å². The second-order valence-electron chi connectivity index (χ2n) is 3.36. The van der Waals surface area contributed by atoms with Gasteiger partial charge < -0.3 is 0 Å². The molecular weight excluding hydrogens is 258 g/mol. The number of hydrogen-bond acceptors (Lipinski definition) is 4. The van der Waals surface area contributed by atoms with E-state index >= 15 is 0 Å². The van der Waals surface area contributed by atoms with Crippen LogP contribution >= 0.6 is 22.9 Å². The monoisotopic (exact) mass is 263 g/mol. The van der Waals surface area contributed by atoms with E-state index < -0.39 is 0 Å². The number of benzene rings is 1. The molecule has 0 N–H and O–H groups in total. The van der Waals surface area contributed by atoms with Crippen molar-refractivity contribution in [1.29, 1.82) is 0 Å². The van der Waals surface area contributed by atoms with Crippen LogP contribution in [0.3, 0.4) is 0 Å². The molecule has 0 radical (unpaired) electrons. The summed E-state index contributed by atoms with van der Waals surface area (Å²) in [6.07, 6.45) is 1.48. The first-order chi connectivity index (χ1) is 8.25. The number of halogens is 1. The van der Waals surface area contributed by atoms with E-state index in [9.17, 15) is 4.79 Å². The largest absolute Gasteiger partial charge is 0.275 e. The van der Waals surface area contributed by atoms with Gasteiger partial charge in [-0.3, -0.25) is 4.79 Å². The summed E-state index contributed by atoms with van der Waals surface area (Å²) in [5.41, 5.74) is 0.619. The van der Waals surface area contributed by atoms with Gasteiger partial charge in [-0.2, -0.15) is 9.61 Å². The Balaban J connectivity index is 2.30. The van der Waals surface area contributed by atoms with Crippen LogP contribution in [0.15, 0.2) is 41.3 Å². The molecule has 0 aliphatic carbocycles. The molecule has 3 rings (SSSR count). The van der Waals surface area contributed by atoms with E-state index in [-0.39, 0.29) is 5.56 Å². The second-order valence-corrected chi connectivity index (χ2v) is 4.73. The van der Waals surface area contributed by atoms with E-state index in [1.807, 2.05) is 18.2 Å². The molecule has 6 heteroatoms. The van der Waals surface area contributed by atoms with Gasteiger partial charge in [0.25, 0.3) is 5.56 Å². The third-order valence-electron chi connectivity index (χ3n) is 2.28. The van der Waals surface area contributed by atoms with E-state index in [2.05, 4.69) is 10.1 Å². The summed E-state index contributed by atoms with van der Waals surface area (Å²) in [6.45, 7) is 0. The van der Waals surface area contributed by atoms with Crippen LogP contribution in [0, 0.1) is 0 Å².